The van der Waals surface area contributed by atoms with Gasteiger partial charge in [0.2, 0.25) is 17.8 Å². The highest BCUT2D eigenvalue weighted by molar-refractivity contribution is 5.77. The van der Waals surface area contributed by atoms with Crippen molar-refractivity contribution in [2.45, 2.75) is 52.1 Å². The molecule has 1 aromatic heterocycles. The normalized spacial score (nSPS) is 13.0. The van der Waals surface area contributed by atoms with Gasteiger partial charge >= 0.3 is 11.9 Å². The highest BCUT2D eigenvalue weighted by Crippen LogP contribution is 2.13. The van der Waals surface area contributed by atoms with E-state index in [2.05, 4.69) is 30.9 Å². The van der Waals surface area contributed by atoms with Crippen LogP contribution in [0.25, 0.3) is 0 Å². The number of aliphatic carboxylic acids is 2. The first-order valence-corrected chi connectivity index (χ1v) is 7.89. The molecule has 0 aromatic carbocycles. The summed E-state index contributed by atoms with van der Waals surface area (Å²) in [6, 6.07) is -1.69. The second kappa shape index (κ2) is 9.48. The maximum atomic E-state index is 11.1. The number of rotatable bonds is 11. The molecule has 24 heavy (non-hydrogen) atoms. The maximum absolute atomic E-state index is 11.1. The number of hydrogen-bond acceptors (Lipinski definition) is 8. The van der Waals surface area contributed by atoms with Crippen LogP contribution in [0.3, 0.4) is 0 Å². The number of carbonyl (C=O) groups is 2. The Morgan fingerprint density at radius 3 is 1.62 bits per heavy atom. The largest absolute Gasteiger partial charge is 0.480 e. The zero-order valence-electron chi connectivity index (χ0n) is 14.0. The minimum absolute atomic E-state index is 0.0700. The van der Waals surface area contributed by atoms with Gasteiger partial charge in [-0.3, -0.25) is 0 Å². The van der Waals surface area contributed by atoms with Crippen molar-refractivity contribution in [2.75, 3.05) is 22.5 Å². The number of hydrogen-bond donors (Lipinski definition) is 5. The molecule has 10 nitrogen and oxygen atoms in total. The average molecular weight is 340 g/mol. The number of anilines is 3. The molecule has 5 N–H and O–H groups in total. The first kappa shape index (κ1) is 19.4. The van der Waals surface area contributed by atoms with Crippen LogP contribution in [-0.2, 0) is 9.59 Å². The second-order valence-corrected chi connectivity index (χ2v) is 5.12. The molecule has 0 radical (unpaired) electrons. The summed E-state index contributed by atoms with van der Waals surface area (Å²) in [5.41, 5.74) is 0. The van der Waals surface area contributed by atoms with Gasteiger partial charge < -0.3 is 26.2 Å². The van der Waals surface area contributed by atoms with Crippen molar-refractivity contribution in [3.05, 3.63) is 0 Å². The molecule has 0 bridgehead atoms. The SMILES string of the molecule is CCCNc1nc(NC(CC)C(=O)O)nc(NC(CC)C(=O)O)n1. The molecule has 0 saturated carbocycles. The van der Waals surface area contributed by atoms with Crippen molar-refractivity contribution in [1.29, 1.82) is 0 Å². The molecule has 0 saturated heterocycles. The summed E-state index contributed by atoms with van der Waals surface area (Å²) in [5.74, 6) is -1.65. The van der Waals surface area contributed by atoms with Crippen molar-refractivity contribution < 1.29 is 19.8 Å². The van der Waals surface area contributed by atoms with E-state index in [1.165, 1.54) is 0 Å². The maximum Gasteiger partial charge on any atom is 0.326 e. The van der Waals surface area contributed by atoms with E-state index in [1.54, 1.807) is 13.8 Å². The van der Waals surface area contributed by atoms with E-state index < -0.39 is 24.0 Å². The van der Waals surface area contributed by atoms with Crippen LogP contribution >= 0.6 is 0 Å². The van der Waals surface area contributed by atoms with Crippen LogP contribution < -0.4 is 16.0 Å². The summed E-state index contributed by atoms with van der Waals surface area (Å²) < 4.78 is 0. The molecule has 0 aliphatic rings. The van der Waals surface area contributed by atoms with Gasteiger partial charge in [0.25, 0.3) is 0 Å². The van der Waals surface area contributed by atoms with E-state index in [1.807, 2.05) is 6.92 Å². The first-order chi connectivity index (χ1) is 11.4. The molecule has 134 valence electrons. The number of aromatic nitrogens is 3. The van der Waals surface area contributed by atoms with Crippen molar-refractivity contribution >= 4 is 29.8 Å². The van der Waals surface area contributed by atoms with Crippen LogP contribution in [0, 0.1) is 0 Å². The summed E-state index contributed by atoms with van der Waals surface area (Å²) in [7, 11) is 0. The Labute approximate surface area is 140 Å². The van der Waals surface area contributed by atoms with Gasteiger partial charge in [-0.25, -0.2) is 9.59 Å². The zero-order chi connectivity index (χ0) is 18.1. The summed E-state index contributed by atoms with van der Waals surface area (Å²) in [6.07, 6.45) is 1.53. The number of nitrogens with one attached hydrogen (secondary N) is 3. The minimum Gasteiger partial charge on any atom is -0.480 e. The number of carboxylic acids is 2. The van der Waals surface area contributed by atoms with Crippen molar-refractivity contribution in [2.24, 2.45) is 0 Å². The molecule has 1 rings (SSSR count). The molecule has 2 atom stereocenters. The fourth-order valence-electron chi connectivity index (χ4n) is 1.81. The average Bonchev–Trinajstić information content (AvgIpc) is 2.54. The molecule has 2 unspecified atom stereocenters. The minimum atomic E-state index is -1.02. The Morgan fingerprint density at radius 2 is 1.29 bits per heavy atom. The third-order valence-corrected chi connectivity index (χ3v) is 3.19. The molecule has 0 amide bonds. The second-order valence-electron chi connectivity index (χ2n) is 5.12. The van der Waals surface area contributed by atoms with Crippen LogP contribution in [0.1, 0.15) is 40.0 Å². The van der Waals surface area contributed by atoms with Crippen molar-refractivity contribution in [3.63, 3.8) is 0 Å². The Balaban J connectivity index is 3.06. The first-order valence-electron chi connectivity index (χ1n) is 7.89. The topological polar surface area (TPSA) is 149 Å². The lowest BCUT2D eigenvalue weighted by molar-refractivity contribution is -0.138. The molecular formula is C14H24N6O4. The molecular weight excluding hydrogens is 316 g/mol. The summed E-state index contributed by atoms with van der Waals surface area (Å²) in [6.45, 7) is 6.04. The molecule has 0 spiro atoms. The van der Waals surface area contributed by atoms with Gasteiger partial charge in [-0.2, -0.15) is 15.0 Å². The number of carboxylic acid groups (broad SMARTS) is 2. The smallest absolute Gasteiger partial charge is 0.326 e. The third kappa shape index (κ3) is 5.86. The lowest BCUT2D eigenvalue weighted by atomic mass is 10.2. The Morgan fingerprint density at radius 1 is 0.875 bits per heavy atom. The van der Waals surface area contributed by atoms with E-state index in [4.69, 9.17) is 10.2 Å². The number of nitrogens with zero attached hydrogens (tertiary/aromatic N) is 3. The van der Waals surface area contributed by atoms with Crippen molar-refractivity contribution in [3.8, 4) is 0 Å². The van der Waals surface area contributed by atoms with E-state index >= 15 is 0 Å². The van der Waals surface area contributed by atoms with Gasteiger partial charge in [-0.05, 0) is 19.3 Å². The van der Waals surface area contributed by atoms with E-state index in [9.17, 15) is 9.59 Å². The van der Waals surface area contributed by atoms with Crippen LogP contribution in [0.2, 0.25) is 0 Å². The highest BCUT2D eigenvalue weighted by Gasteiger charge is 2.20. The van der Waals surface area contributed by atoms with Crippen LogP contribution in [-0.4, -0.2) is 55.7 Å². The lowest BCUT2D eigenvalue weighted by Gasteiger charge is -2.16. The molecule has 10 heteroatoms. The van der Waals surface area contributed by atoms with E-state index in [0.29, 0.717) is 19.4 Å². The fraction of sp³-hybridized carbons (Fsp3) is 0.643. The van der Waals surface area contributed by atoms with Gasteiger partial charge in [-0.1, -0.05) is 20.8 Å². The van der Waals surface area contributed by atoms with Crippen LogP contribution in [0.4, 0.5) is 17.8 Å². The third-order valence-electron chi connectivity index (χ3n) is 3.19. The molecule has 1 aromatic rings. The Kier molecular flexibility index (Phi) is 7.66. The Bertz CT molecular complexity index is 526. The van der Waals surface area contributed by atoms with Gasteiger partial charge in [0.15, 0.2) is 0 Å². The van der Waals surface area contributed by atoms with Gasteiger partial charge in [-0.15, -0.1) is 0 Å². The standard InChI is InChI=1S/C14H24N6O4/c1-4-7-15-12-18-13(16-8(5-2)10(21)22)20-14(19-12)17-9(6-3)11(23)24/h8-9H,4-7H2,1-3H3,(H,21,22)(H,23,24)(H3,15,16,17,18,19,20). The van der Waals surface area contributed by atoms with Gasteiger partial charge in [0.1, 0.15) is 12.1 Å². The van der Waals surface area contributed by atoms with Gasteiger partial charge in [0.05, 0.1) is 0 Å². The molecule has 0 aliphatic heterocycles. The zero-order valence-corrected chi connectivity index (χ0v) is 14.0. The fourth-order valence-corrected chi connectivity index (χ4v) is 1.81. The highest BCUT2D eigenvalue weighted by atomic mass is 16.4. The quantitative estimate of drug-likeness (QED) is 0.398. The predicted octanol–water partition coefficient (Wildman–Crippen LogP) is 1.24. The van der Waals surface area contributed by atoms with E-state index in [0.717, 1.165) is 6.42 Å². The summed E-state index contributed by atoms with van der Waals surface area (Å²) in [4.78, 5) is 34.6. The molecule has 1 heterocycles. The summed E-state index contributed by atoms with van der Waals surface area (Å²) in [5, 5.41) is 26.7. The molecule has 0 fully saturated rings. The lowest BCUT2D eigenvalue weighted by Crippen LogP contribution is -2.31. The van der Waals surface area contributed by atoms with Gasteiger partial charge in [0, 0.05) is 6.54 Å². The van der Waals surface area contributed by atoms with E-state index in [-0.39, 0.29) is 17.8 Å². The monoisotopic (exact) mass is 340 g/mol. The predicted molar refractivity (Wildman–Crippen MR) is 89.3 cm³/mol. The molecule has 0 aliphatic carbocycles. The summed E-state index contributed by atoms with van der Waals surface area (Å²) >= 11 is 0. The van der Waals surface area contributed by atoms with Crippen LogP contribution in [0.15, 0.2) is 0 Å². The Hall–Kier alpha value is -2.65. The van der Waals surface area contributed by atoms with Crippen LogP contribution in [0.5, 0.6) is 0 Å². The van der Waals surface area contributed by atoms with Crippen molar-refractivity contribution in [1.82, 2.24) is 15.0 Å².